The molecule has 0 aromatic heterocycles. The second-order valence-corrected chi connectivity index (χ2v) is 15.1. The molecule has 0 aromatic carbocycles. The van der Waals surface area contributed by atoms with Crippen LogP contribution in [0.2, 0.25) is 0 Å². The highest BCUT2D eigenvalue weighted by Crippen LogP contribution is 2.22. The van der Waals surface area contributed by atoms with Gasteiger partial charge >= 0.3 is 5.97 Å². The summed E-state index contributed by atoms with van der Waals surface area (Å²) in [5.41, 5.74) is 0. The third-order valence-corrected chi connectivity index (χ3v) is 9.86. The molecule has 6 unspecified atom stereocenters. The summed E-state index contributed by atoms with van der Waals surface area (Å²) in [5.74, 6) is -0.374. The molecule has 0 aliphatic carbocycles. The number of carbonyl (C=O) groups excluding carboxylic acids is 1. The van der Waals surface area contributed by atoms with Gasteiger partial charge in [0.05, 0.1) is 19.8 Å². The zero-order valence-corrected chi connectivity index (χ0v) is 35.8. The molecule has 1 rings (SSSR count). The molecule has 0 bridgehead atoms. The summed E-state index contributed by atoms with van der Waals surface area (Å²) in [4.78, 5) is 12.8. The molecular formula is C48H82O9. The topological polar surface area (TPSA) is 135 Å². The summed E-state index contributed by atoms with van der Waals surface area (Å²) in [7, 11) is 0. The van der Waals surface area contributed by atoms with Gasteiger partial charge in [0, 0.05) is 13.0 Å². The molecular weight excluding hydrogens is 721 g/mol. The van der Waals surface area contributed by atoms with Gasteiger partial charge in [-0.25, -0.2) is 0 Å². The highest BCUT2D eigenvalue weighted by molar-refractivity contribution is 5.69. The van der Waals surface area contributed by atoms with E-state index in [-0.39, 0.29) is 25.6 Å². The van der Waals surface area contributed by atoms with E-state index in [2.05, 4.69) is 86.8 Å². The monoisotopic (exact) mass is 803 g/mol. The Kier molecular flexibility index (Phi) is 36.1. The van der Waals surface area contributed by atoms with Gasteiger partial charge in [-0.15, -0.1) is 0 Å². The minimum absolute atomic E-state index is 0.114. The number of hydrogen-bond donors (Lipinski definition) is 4. The van der Waals surface area contributed by atoms with Crippen LogP contribution in [0.1, 0.15) is 162 Å². The predicted octanol–water partition coefficient (Wildman–Crippen LogP) is 10.1. The number of ether oxygens (including phenoxy) is 4. The maximum Gasteiger partial charge on any atom is 0.306 e. The van der Waals surface area contributed by atoms with Crippen molar-refractivity contribution in [3.63, 3.8) is 0 Å². The highest BCUT2D eigenvalue weighted by atomic mass is 16.7. The summed E-state index contributed by atoms with van der Waals surface area (Å²) in [5, 5.41) is 40.1. The van der Waals surface area contributed by atoms with Crippen LogP contribution in [0.15, 0.2) is 72.9 Å². The Labute approximate surface area is 347 Å². The van der Waals surface area contributed by atoms with Crippen LogP contribution in [-0.2, 0) is 23.7 Å². The van der Waals surface area contributed by atoms with Crippen molar-refractivity contribution in [3.05, 3.63) is 72.9 Å². The van der Waals surface area contributed by atoms with E-state index >= 15 is 0 Å². The second kappa shape index (κ2) is 39.1. The van der Waals surface area contributed by atoms with E-state index < -0.39 is 43.4 Å². The number of unbranched alkanes of at least 4 members (excludes halogenated alkanes) is 14. The number of allylic oxidation sites excluding steroid dienone is 12. The van der Waals surface area contributed by atoms with Crippen molar-refractivity contribution in [1.82, 2.24) is 0 Å². The van der Waals surface area contributed by atoms with Crippen LogP contribution >= 0.6 is 0 Å². The van der Waals surface area contributed by atoms with Crippen LogP contribution in [-0.4, -0.2) is 89.6 Å². The molecule has 1 heterocycles. The zero-order valence-electron chi connectivity index (χ0n) is 35.8. The summed E-state index contributed by atoms with van der Waals surface area (Å²) >= 11 is 0. The Morgan fingerprint density at radius 2 is 1.07 bits per heavy atom. The number of rotatable bonds is 37. The predicted molar refractivity (Wildman–Crippen MR) is 233 cm³/mol. The summed E-state index contributed by atoms with van der Waals surface area (Å²) in [6.07, 6.45) is 43.6. The molecule has 1 aliphatic rings. The number of hydrogen-bond acceptors (Lipinski definition) is 9. The Balaban J connectivity index is 2.32. The lowest BCUT2D eigenvalue weighted by Gasteiger charge is -2.39. The van der Waals surface area contributed by atoms with Crippen LogP contribution in [0.3, 0.4) is 0 Å². The molecule has 1 saturated heterocycles. The van der Waals surface area contributed by atoms with E-state index in [0.29, 0.717) is 13.0 Å². The van der Waals surface area contributed by atoms with Crippen LogP contribution in [0.25, 0.3) is 0 Å². The molecule has 0 saturated carbocycles. The summed E-state index contributed by atoms with van der Waals surface area (Å²) in [6.45, 7) is 4.35. The van der Waals surface area contributed by atoms with Gasteiger partial charge in [-0.05, 0) is 77.0 Å². The van der Waals surface area contributed by atoms with E-state index in [1.165, 1.54) is 70.6 Å². The first-order chi connectivity index (χ1) is 27.9. The van der Waals surface area contributed by atoms with E-state index in [0.717, 1.165) is 64.2 Å². The Morgan fingerprint density at radius 3 is 1.63 bits per heavy atom. The maximum absolute atomic E-state index is 12.8. The molecule has 9 nitrogen and oxygen atoms in total. The van der Waals surface area contributed by atoms with Crippen molar-refractivity contribution in [3.8, 4) is 0 Å². The summed E-state index contributed by atoms with van der Waals surface area (Å²) < 4.78 is 22.7. The third-order valence-electron chi connectivity index (χ3n) is 9.86. The number of esters is 1. The Morgan fingerprint density at radius 1 is 0.579 bits per heavy atom. The van der Waals surface area contributed by atoms with Gasteiger partial charge in [-0.2, -0.15) is 0 Å². The number of carbonyl (C=O) groups is 1. The van der Waals surface area contributed by atoms with Crippen molar-refractivity contribution in [2.45, 2.75) is 198 Å². The first-order valence-corrected chi connectivity index (χ1v) is 22.5. The van der Waals surface area contributed by atoms with Gasteiger partial charge in [-0.1, -0.05) is 151 Å². The highest BCUT2D eigenvalue weighted by Gasteiger charge is 2.44. The molecule has 1 aliphatic heterocycles. The molecule has 0 spiro atoms. The smallest absolute Gasteiger partial charge is 0.306 e. The van der Waals surface area contributed by atoms with Crippen LogP contribution in [0.4, 0.5) is 0 Å². The zero-order chi connectivity index (χ0) is 41.4. The van der Waals surface area contributed by atoms with Crippen molar-refractivity contribution in [2.24, 2.45) is 0 Å². The van der Waals surface area contributed by atoms with Gasteiger partial charge in [-0.3, -0.25) is 4.79 Å². The number of aliphatic hydroxyl groups is 4. The molecule has 0 radical (unpaired) electrons. The third kappa shape index (κ3) is 30.4. The van der Waals surface area contributed by atoms with Gasteiger partial charge in [0.15, 0.2) is 6.29 Å². The molecule has 4 N–H and O–H groups in total. The van der Waals surface area contributed by atoms with Crippen molar-refractivity contribution in [2.75, 3.05) is 26.4 Å². The van der Waals surface area contributed by atoms with Gasteiger partial charge in [0.2, 0.25) is 0 Å². The summed E-state index contributed by atoms with van der Waals surface area (Å²) in [6, 6.07) is 0. The lowest BCUT2D eigenvalue weighted by Crippen LogP contribution is -2.59. The largest absolute Gasteiger partial charge is 0.457 e. The molecule has 57 heavy (non-hydrogen) atoms. The number of aliphatic hydroxyl groups excluding tert-OH is 4. The van der Waals surface area contributed by atoms with Crippen LogP contribution in [0.5, 0.6) is 0 Å². The maximum atomic E-state index is 12.8. The lowest BCUT2D eigenvalue weighted by molar-refractivity contribution is -0.305. The molecule has 6 atom stereocenters. The van der Waals surface area contributed by atoms with E-state index in [1.807, 2.05) is 0 Å². The SMILES string of the molecule is CC/C=C\C/C=C\C/C=C\C/C=C\C/C=C\CCCC(=O)OC(COCCCCCCCC/C=C\CCCCCCCCC)COC1OC(CO)C(O)C(O)C1O. The Bertz CT molecular complexity index is 1100. The van der Waals surface area contributed by atoms with Gasteiger partial charge in [0.25, 0.3) is 0 Å². The fraction of sp³-hybridized carbons (Fsp3) is 0.729. The average Bonchev–Trinajstić information content (AvgIpc) is 3.21. The molecule has 328 valence electrons. The van der Waals surface area contributed by atoms with Crippen molar-refractivity contribution < 1.29 is 44.2 Å². The average molecular weight is 803 g/mol. The first-order valence-electron chi connectivity index (χ1n) is 22.5. The fourth-order valence-corrected chi connectivity index (χ4v) is 6.34. The van der Waals surface area contributed by atoms with Crippen LogP contribution < -0.4 is 0 Å². The fourth-order valence-electron chi connectivity index (χ4n) is 6.34. The van der Waals surface area contributed by atoms with E-state index in [4.69, 9.17) is 18.9 Å². The van der Waals surface area contributed by atoms with Crippen molar-refractivity contribution in [1.29, 1.82) is 0 Å². The second-order valence-electron chi connectivity index (χ2n) is 15.1. The Hall–Kier alpha value is -2.37. The molecule has 0 amide bonds. The van der Waals surface area contributed by atoms with E-state index in [1.54, 1.807) is 0 Å². The normalized spacial score (nSPS) is 21.1. The van der Waals surface area contributed by atoms with Gasteiger partial charge < -0.3 is 39.4 Å². The lowest BCUT2D eigenvalue weighted by atomic mass is 9.99. The first kappa shape index (κ1) is 52.6. The molecule has 1 fully saturated rings. The molecule has 9 heteroatoms. The van der Waals surface area contributed by atoms with Crippen LogP contribution in [0, 0.1) is 0 Å². The van der Waals surface area contributed by atoms with Crippen molar-refractivity contribution >= 4 is 5.97 Å². The van der Waals surface area contributed by atoms with Gasteiger partial charge in [0.1, 0.15) is 30.5 Å². The van der Waals surface area contributed by atoms with E-state index in [9.17, 15) is 25.2 Å². The quantitative estimate of drug-likeness (QED) is 0.0275. The minimum atomic E-state index is -1.55. The molecule has 0 aromatic rings. The standard InChI is InChI=1S/C48H82O9/c1-3-5-7-9-11-13-15-17-19-21-23-25-27-29-31-33-35-37-44(50)56-42(41-55-48-47(53)46(52)45(51)43(39-49)57-48)40-54-38-36-34-32-30-28-26-24-22-20-18-16-14-12-10-8-6-4-2/h5,7,11,13,17,19-20,22-23,25,29,31,42-43,45-49,51-53H,3-4,6,8-10,12,14-16,18,21,24,26-28,30,32-41H2,1-2H3/b7-5-,13-11-,19-17-,22-20-,25-23-,31-29-. The minimum Gasteiger partial charge on any atom is -0.457 e.